The Morgan fingerprint density at radius 3 is 2.57 bits per heavy atom. The van der Waals surface area contributed by atoms with Gasteiger partial charge in [0.2, 0.25) is 5.91 Å². The quantitative estimate of drug-likeness (QED) is 0.895. The molecule has 2 atom stereocenters. The Kier molecular flexibility index (Phi) is 5.02. The van der Waals surface area contributed by atoms with E-state index in [9.17, 15) is 4.79 Å². The summed E-state index contributed by atoms with van der Waals surface area (Å²) in [5.41, 5.74) is 0. The molecule has 5 heteroatoms. The molecule has 2 heterocycles. The Hall–Kier alpha value is -1.00. The highest BCUT2D eigenvalue weighted by Gasteiger charge is 2.38. The van der Waals surface area contributed by atoms with Crippen molar-refractivity contribution in [2.45, 2.75) is 57.5 Å². The first-order valence-electron chi connectivity index (χ1n) is 8.82. The molecule has 1 aromatic heterocycles. The summed E-state index contributed by atoms with van der Waals surface area (Å²) in [6, 6.07) is 4.64. The van der Waals surface area contributed by atoms with Gasteiger partial charge in [-0.15, -0.1) is 12.4 Å². The number of rotatable bonds is 5. The third-order valence-corrected chi connectivity index (χ3v) is 5.44. The lowest BCUT2D eigenvalue weighted by Crippen LogP contribution is -2.41. The molecule has 0 radical (unpaired) electrons. The van der Waals surface area contributed by atoms with Gasteiger partial charge < -0.3 is 14.6 Å². The number of halogens is 1. The minimum Gasteiger partial charge on any atom is -0.464 e. The van der Waals surface area contributed by atoms with Crippen molar-refractivity contribution in [3.05, 3.63) is 23.7 Å². The zero-order valence-electron chi connectivity index (χ0n) is 13.8. The molecule has 0 spiro atoms. The number of piperidine rings is 1. The molecule has 2 unspecified atom stereocenters. The molecule has 23 heavy (non-hydrogen) atoms. The molecule has 4 rings (SSSR count). The van der Waals surface area contributed by atoms with E-state index in [1.165, 1.54) is 6.42 Å². The topological polar surface area (TPSA) is 45.5 Å². The maximum atomic E-state index is 12.8. The van der Waals surface area contributed by atoms with Crippen LogP contribution < -0.4 is 5.32 Å². The van der Waals surface area contributed by atoms with Crippen molar-refractivity contribution >= 4 is 18.3 Å². The Balaban J connectivity index is 0.00000156. The van der Waals surface area contributed by atoms with E-state index in [2.05, 4.69) is 29.3 Å². The summed E-state index contributed by atoms with van der Waals surface area (Å²) in [5, 5.41) is 3.34. The van der Waals surface area contributed by atoms with Gasteiger partial charge in [0.25, 0.3) is 0 Å². The Morgan fingerprint density at radius 1 is 1.26 bits per heavy atom. The lowest BCUT2D eigenvalue weighted by Gasteiger charge is -2.29. The van der Waals surface area contributed by atoms with E-state index >= 15 is 0 Å². The molecule has 1 saturated heterocycles. The minimum absolute atomic E-state index is 0. The lowest BCUT2D eigenvalue weighted by atomic mass is 9.96. The standard InChI is InChI=1S/C18H26N2O2.ClH/c1-12-10-16(12)17-5-4-15(22-17)11-20(14-2-3-14)18(21)13-6-8-19-9-7-13;/h4-5,12-14,16,19H,2-3,6-11H2,1H3;1H. The molecule has 2 saturated carbocycles. The molecule has 4 nitrogen and oxygen atoms in total. The fourth-order valence-corrected chi connectivity index (χ4v) is 3.64. The van der Waals surface area contributed by atoms with E-state index in [1.807, 2.05) is 0 Å². The second-order valence-corrected chi connectivity index (χ2v) is 7.35. The highest BCUT2D eigenvalue weighted by molar-refractivity contribution is 5.85. The average molecular weight is 339 g/mol. The van der Waals surface area contributed by atoms with Crippen molar-refractivity contribution in [1.82, 2.24) is 10.2 Å². The van der Waals surface area contributed by atoms with E-state index in [0.717, 1.165) is 56.2 Å². The van der Waals surface area contributed by atoms with Crippen molar-refractivity contribution in [2.75, 3.05) is 13.1 Å². The molecule has 2 aliphatic carbocycles. The molecule has 0 bridgehead atoms. The van der Waals surface area contributed by atoms with Gasteiger partial charge in [0, 0.05) is 17.9 Å². The van der Waals surface area contributed by atoms with E-state index < -0.39 is 0 Å². The fraction of sp³-hybridized carbons (Fsp3) is 0.722. The predicted octanol–water partition coefficient (Wildman–Crippen LogP) is 3.32. The summed E-state index contributed by atoms with van der Waals surface area (Å²) in [4.78, 5) is 14.9. The summed E-state index contributed by atoms with van der Waals surface area (Å²) in [6.45, 7) is 4.87. The zero-order chi connectivity index (χ0) is 15.1. The normalized spacial score (nSPS) is 27.3. The van der Waals surface area contributed by atoms with Gasteiger partial charge >= 0.3 is 0 Å². The van der Waals surface area contributed by atoms with Gasteiger partial charge in [0.05, 0.1) is 6.54 Å². The molecule has 1 aromatic rings. The van der Waals surface area contributed by atoms with Crippen LogP contribution in [-0.2, 0) is 11.3 Å². The van der Waals surface area contributed by atoms with Gasteiger partial charge in [-0.2, -0.15) is 0 Å². The van der Waals surface area contributed by atoms with Gasteiger partial charge in [-0.05, 0) is 63.2 Å². The second kappa shape index (κ2) is 6.86. The smallest absolute Gasteiger partial charge is 0.226 e. The van der Waals surface area contributed by atoms with E-state index in [4.69, 9.17) is 4.42 Å². The number of carbonyl (C=O) groups is 1. The van der Waals surface area contributed by atoms with Gasteiger partial charge in [0.15, 0.2) is 0 Å². The molecule has 1 amide bonds. The van der Waals surface area contributed by atoms with Gasteiger partial charge in [-0.3, -0.25) is 4.79 Å². The average Bonchev–Trinajstić information content (AvgIpc) is 3.46. The van der Waals surface area contributed by atoms with Crippen molar-refractivity contribution in [2.24, 2.45) is 11.8 Å². The minimum atomic E-state index is 0. The first-order valence-corrected chi connectivity index (χ1v) is 8.82. The van der Waals surface area contributed by atoms with Crippen LogP contribution in [0, 0.1) is 11.8 Å². The van der Waals surface area contributed by atoms with E-state index in [0.29, 0.717) is 24.4 Å². The van der Waals surface area contributed by atoms with Crippen LogP contribution in [-0.4, -0.2) is 29.9 Å². The number of hydrogen-bond acceptors (Lipinski definition) is 3. The first-order chi connectivity index (χ1) is 10.7. The summed E-state index contributed by atoms with van der Waals surface area (Å²) in [7, 11) is 0. The van der Waals surface area contributed by atoms with Crippen LogP contribution in [0.25, 0.3) is 0 Å². The van der Waals surface area contributed by atoms with Crippen LogP contribution in [0.2, 0.25) is 0 Å². The highest BCUT2D eigenvalue weighted by atomic mass is 35.5. The Morgan fingerprint density at radius 2 is 1.96 bits per heavy atom. The number of furan rings is 1. The molecule has 128 valence electrons. The number of hydrogen-bond donors (Lipinski definition) is 1. The van der Waals surface area contributed by atoms with Crippen LogP contribution in [0.1, 0.15) is 56.5 Å². The predicted molar refractivity (Wildman–Crippen MR) is 91.6 cm³/mol. The molecular weight excluding hydrogens is 312 g/mol. The molecule has 3 aliphatic rings. The number of carbonyl (C=O) groups excluding carboxylic acids is 1. The van der Waals surface area contributed by atoms with E-state index in [1.54, 1.807) is 0 Å². The van der Waals surface area contributed by atoms with Crippen molar-refractivity contribution in [3.8, 4) is 0 Å². The molecule has 0 aromatic carbocycles. The van der Waals surface area contributed by atoms with Crippen LogP contribution in [0.3, 0.4) is 0 Å². The second-order valence-electron chi connectivity index (χ2n) is 7.35. The largest absolute Gasteiger partial charge is 0.464 e. The van der Waals surface area contributed by atoms with Gasteiger partial charge in [-0.1, -0.05) is 6.92 Å². The number of nitrogens with zero attached hydrogens (tertiary/aromatic N) is 1. The van der Waals surface area contributed by atoms with Crippen LogP contribution in [0.5, 0.6) is 0 Å². The third kappa shape index (κ3) is 3.74. The maximum Gasteiger partial charge on any atom is 0.226 e. The van der Waals surface area contributed by atoms with Crippen molar-refractivity contribution in [1.29, 1.82) is 0 Å². The SMILES string of the molecule is CC1CC1c1ccc(CN(C(=O)C2CCNCC2)C2CC2)o1.Cl. The van der Waals surface area contributed by atoms with Crippen LogP contribution in [0.4, 0.5) is 0 Å². The molecule has 3 fully saturated rings. The first kappa shape index (κ1) is 16.8. The summed E-state index contributed by atoms with van der Waals surface area (Å²) >= 11 is 0. The summed E-state index contributed by atoms with van der Waals surface area (Å²) in [5.74, 6) is 4.01. The lowest BCUT2D eigenvalue weighted by molar-refractivity contribution is -0.137. The summed E-state index contributed by atoms with van der Waals surface area (Å²) < 4.78 is 6.02. The van der Waals surface area contributed by atoms with Gasteiger partial charge in [0.1, 0.15) is 11.5 Å². The molecule has 1 N–H and O–H groups in total. The molecule has 1 aliphatic heterocycles. The van der Waals surface area contributed by atoms with E-state index in [-0.39, 0.29) is 18.3 Å². The van der Waals surface area contributed by atoms with Crippen molar-refractivity contribution < 1.29 is 9.21 Å². The zero-order valence-corrected chi connectivity index (χ0v) is 14.6. The Labute approximate surface area is 144 Å². The third-order valence-electron chi connectivity index (χ3n) is 5.44. The number of amides is 1. The summed E-state index contributed by atoms with van der Waals surface area (Å²) in [6.07, 6.45) is 5.51. The highest BCUT2D eigenvalue weighted by Crippen LogP contribution is 2.47. The monoisotopic (exact) mass is 338 g/mol. The molecular formula is C18H27ClN2O2. The fourth-order valence-electron chi connectivity index (χ4n) is 3.64. The number of nitrogens with one attached hydrogen (secondary N) is 1. The Bertz CT molecular complexity index is 549. The van der Waals surface area contributed by atoms with Crippen LogP contribution in [0.15, 0.2) is 16.5 Å². The maximum absolute atomic E-state index is 12.8. The van der Waals surface area contributed by atoms with Crippen LogP contribution >= 0.6 is 12.4 Å². The van der Waals surface area contributed by atoms with Gasteiger partial charge in [-0.25, -0.2) is 0 Å². The van der Waals surface area contributed by atoms with Crippen molar-refractivity contribution in [3.63, 3.8) is 0 Å².